The zero-order valence-electron chi connectivity index (χ0n) is 11.5. The number of amides is 3. The number of tetrazole rings is 1. The van der Waals surface area contributed by atoms with Crippen molar-refractivity contribution in [2.75, 3.05) is 5.75 Å². The van der Waals surface area contributed by atoms with Gasteiger partial charge in [0.15, 0.2) is 0 Å². The summed E-state index contributed by atoms with van der Waals surface area (Å²) < 4.78 is 1.56. The summed E-state index contributed by atoms with van der Waals surface area (Å²) in [5, 5.41) is 13.9. The van der Waals surface area contributed by atoms with Crippen LogP contribution in [0.5, 0.6) is 0 Å². The third-order valence-electron chi connectivity index (χ3n) is 2.84. The minimum atomic E-state index is -0.880. The number of nitrogens with two attached hydrogens (primary N) is 1. The van der Waals surface area contributed by atoms with Gasteiger partial charge in [0.2, 0.25) is 11.1 Å². The summed E-state index contributed by atoms with van der Waals surface area (Å²) >= 11 is 1.12. The predicted molar refractivity (Wildman–Crippen MR) is 77.1 cm³/mol. The molecule has 110 valence electrons. The van der Waals surface area contributed by atoms with Crippen LogP contribution in [-0.2, 0) is 4.79 Å². The normalized spacial score (nSPS) is 10.4. The lowest BCUT2D eigenvalue weighted by Crippen LogP contribution is -2.36. The van der Waals surface area contributed by atoms with Gasteiger partial charge in [0, 0.05) is 0 Å². The van der Waals surface area contributed by atoms with Gasteiger partial charge in [0.1, 0.15) is 0 Å². The second kappa shape index (κ2) is 6.35. The van der Waals surface area contributed by atoms with Crippen LogP contribution in [0.25, 0.3) is 5.69 Å². The number of nitrogens with one attached hydrogen (secondary N) is 1. The number of carbonyl (C=O) groups is 2. The SMILES string of the molecule is Cc1cccc(-n2nnnc2SCC(=O)NC(N)=O)c1C. The summed E-state index contributed by atoms with van der Waals surface area (Å²) in [7, 11) is 0. The molecule has 8 nitrogen and oxygen atoms in total. The fourth-order valence-corrected chi connectivity index (χ4v) is 2.37. The first kappa shape index (κ1) is 15.0. The lowest BCUT2D eigenvalue weighted by atomic mass is 10.1. The molecule has 2 aromatic rings. The molecule has 0 fully saturated rings. The van der Waals surface area contributed by atoms with E-state index < -0.39 is 11.9 Å². The van der Waals surface area contributed by atoms with Crippen LogP contribution < -0.4 is 11.1 Å². The number of hydrogen-bond acceptors (Lipinski definition) is 6. The van der Waals surface area contributed by atoms with E-state index in [-0.39, 0.29) is 5.75 Å². The van der Waals surface area contributed by atoms with Gasteiger partial charge in [-0.05, 0) is 41.5 Å². The number of benzene rings is 1. The summed E-state index contributed by atoms with van der Waals surface area (Å²) in [5.74, 6) is -0.503. The molecular formula is C12H14N6O2S. The highest BCUT2D eigenvalue weighted by Crippen LogP contribution is 2.22. The predicted octanol–water partition coefficient (Wildman–Crippen LogP) is 0.566. The molecule has 0 saturated carbocycles. The van der Waals surface area contributed by atoms with Crippen LogP contribution in [0.1, 0.15) is 11.1 Å². The number of nitrogens with zero attached hydrogens (tertiary/aromatic N) is 4. The van der Waals surface area contributed by atoms with Crippen LogP contribution in [0.2, 0.25) is 0 Å². The number of aromatic nitrogens is 4. The summed E-state index contributed by atoms with van der Waals surface area (Å²) in [6, 6.07) is 4.92. The molecule has 1 aromatic heterocycles. The van der Waals surface area contributed by atoms with Crippen LogP contribution >= 0.6 is 11.8 Å². The van der Waals surface area contributed by atoms with Gasteiger partial charge in [-0.3, -0.25) is 10.1 Å². The van der Waals surface area contributed by atoms with Crippen molar-refractivity contribution < 1.29 is 9.59 Å². The number of imide groups is 1. The zero-order chi connectivity index (χ0) is 15.4. The monoisotopic (exact) mass is 306 g/mol. The topological polar surface area (TPSA) is 116 Å². The molecule has 9 heteroatoms. The van der Waals surface area contributed by atoms with Crippen molar-refractivity contribution in [1.82, 2.24) is 25.5 Å². The lowest BCUT2D eigenvalue weighted by Gasteiger charge is -2.09. The van der Waals surface area contributed by atoms with Crippen molar-refractivity contribution in [2.45, 2.75) is 19.0 Å². The Labute approximate surface area is 125 Å². The van der Waals surface area contributed by atoms with Gasteiger partial charge in [0.25, 0.3) is 0 Å². The minimum absolute atomic E-state index is 0.00578. The lowest BCUT2D eigenvalue weighted by molar-refractivity contribution is -0.117. The Morgan fingerprint density at radius 1 is 1.38 bits per heavy atom. The summed E-state index contributed by atoms with van der Waals surface area (Å²) in [5.41, 5.74) is 7.88. The number of hydrogen-bond donors (Lipinski definition) is 2. The zero-order valence-corrected chi connectivity index (χ0v) is 12.3. The first-order valence-electron chi connectivity index (χ1n) is 6.06. The minimum Gasteiger partial charge on any atom is -0.351 e. The van der Waals surface area contributed by atoms with Gasteiger partial charge in [-0.25, -0.2) is 4.79 Å². The summed E-state index contributed by atoms with van der Waals surface area (Å²) in [6.07, 6.45) is 0. The Kier molecular flexibility index (Phi) is 4.53. The number of carbonyl (C=O) groups excluding carboxylic acids is 2. The third kappa shape index (κ3) is 3.57. The number of primary amides is 1. The molecule has 0 aliphatic carbocycles. The molecule has 0 aliphatic heterocycles. The molecule has 0 spiro atoms. The molecular weight excluding hydrogens is 292 g/mol. The number of urea groups is 1. The van der Waals surface area contributed by atoms with Gasteiger partial charge < -0.3 is 5.73 Å². The van der Waals surface area contributed by atoms with Crippen LogP contribution in [0.4, 0.5) is 4.79 Å². The average molecular weight is 306 g/mol. The van der Waals surface area contributed by atoms with E-state index in [2.05, 4.69) is 15.5 Å². The molecule has 2 rings (SSSR count). The maximum absolute atomic E-state index is 11.4. The van der Waals surface area contributed by atoms with Gasteiger partial charge in [0.05, 0.1) is 11.4 Å². The number of rotatable bonds is 4. The van der Waals surface area contributed by atoms with Crippen LogP contribution in [0.3, 0.4) is 0 Å². The highest BCUT2D eigenvalue weighted by Gasteiger charge is 2.14. The molecule has 3 N–H and O–H groups in total. The quantitative estimate of drug-likeness (QED) is 0.798. The Balaban J connectivity index is 2.17. The van der Waals surface area contributed by atoms with E-state index >= 15 is 0 Å². The van der Waals surface area contributed by atoms with Gasteiger partial charge in [-0.1, -0.05) is 23.9 Å². The third-order valence-corrected chi connectivity index (χ3v) is 3.76. The second-order valence-corrected chi connectivity index (χ2v) is 5.24. The standard InChI is InChI=1S/C12H14N6O2S/c1-7-4-3-5-9(8(7)2)18-12(15-16-17-18)21-6-10(19)14-11(13)20/h3-5H,6H2,1-2H3,(H3,13,14,19,20). The van der Waals surface area contributed by atoms with E-state index in [1.807, 2.05) is 37.4 Å². The summed E-state index contributed by atoms with van der Waals surface area (Å²) in [6.45, 7) is 3.97. The van der Waals surface area contributed by atoms with Crippen LogP contribution in [0, 0.1) is 13.8 Å². The van der Waals surface area contributed by atoms with Gasteiger partial charge in [-0.2, -0.15) is 4.68 Å². The van der Waals surface area contributed by atoms with Crippen molar-refractivity contribution in [3.63, 3.8) is 0 Å². The Morgan fingerprint density at radius 2 is 2.14 bits per heavy atom. The van der Waals surface area contributed by atoms with E-state index in [0.717, 1.165) is 28.6 Å². The smallest absolute Gasteiger partial charge is 0.318 e. The first-order chi connectivity index (χ1) is 9.99. The highest BCUT2D eigenvalue weighted by atomic mass is 32.2. The Morgan fingerprint density at radius 3 is 2.86 bits per heavy atom. The molecule has 0 bridgehead atoms. The van der Waals surface area contributed by atoms with Crippen molar-refractivity contribution >= 4 is 23.7 Å². The van der Waals surface area contributed by atoms with E-state index in [0.29, 0.717) is 5.16 Å². The van der Waals surface area contributed by atoms with E-state index in [1.54, 1.807) is 4.68 Å². The molecule has 0 atom stereocenters. The van der Waals surface area contributed by atoms with E-state index in [9.17, 15) is 9.59 Å². The van der Waals surface area contributed by atoms with Crippen molar-refractivity contribution in [3.05, 3.63) is 29.3 Å². The molecule has 1 aromatic carbocycles. The Bertz CT molecular complexity index is 684. The number of aryl methyl sites for hydroxylation is 1. The highest BCUT2D eigenvalue weighted by molar-refractivity contribution is 7.99. The first-order valence-corrected chi connectivity index (χ1v) is 7.04. The molecule has 21 heavy (non-hydrogen) atoms. The maximum atomic E-state index is 11.4. The van der Waals surface area contributed by atoms with E-state index in [4.69, 9.17) is 5.73 Å². The van der Waals surface area contributed by atoms with Gasteiger partial charge in [-0.15, -0.1) is 5.10 Å². The van der Waals surface area contributed by atoms with Crippen LogP contribution in [0.15, 0.2) is 23.4 Å². The van der Waals surface area contributed by atoms with Crippen LogP contribution in [-0.4, -0.2) is 37.9 Å². The molecule has 1 heterocycles. The maximum Gasteiger partial charge on any atom is 0.318 e. The fourth-order valence-electron chi connectivity index (χ4n) is 1.69. The largest absolute Gasteiger partial charge is 0.351 e. The molecule has 3 amide bonds. The van der Waals surface area contributed by atoms with E-state index in [1.165, 1.54) is 0 Å². The average Bonchev–Trinajstić information content (AvgIpc) is 2.87. The molecule has 0 saturated heterocycles. The summed E-state index contributed by atoms with van der Waals surface area (Å²) in [4.78, 5) is 22.0. The van der Waals surface area contributed by atoms with Crippen molar-refractivity contribution in [1.29, 1.82) is 0 Å². The fraction of sp³-hybridized carbons (Fsp3) is 0.250. The molecule has 0 unspecified atom stereocenters. The van der Waals surface area contributed by atoms with Gasteiger partial charge >= 0.3 is 6.03 Å². The molecule has 0 radical (unpaired) electrons. The molecule has 0 aliphatic rings. The Hall–Kier alpha value is -2.42. The van der Waals surface area contributed by atoms with Crippen molar-refractivity contribution in [3.8, 4) is 5.69 Å². The van der Waals surface area contributed by atoms with Crippen molar-refractivity contribution in [2.24, 2.45) is 5.73 Å². The number of thioether (sulfide) groups is 1. The second-order valence-electron chi connectivity index (χ2n) is 4.29.